The Labute approximate surface area is 166 Å². The molecule has 0 spiro atoms. The summed E-state index contributed by atoms with van der Waals surface area (Å²) in [6.07, 6.45) is 4.57. The first kappa shape index (κ1) is 18.1. The number of carbonyl (C=O) groups is 1. The van der Waals surface area contributed by atoms with Crippen molar-refractivity contribution in [1.82, 2.24) is 4.98 Å². The van der Waals surface area contributed by atoms with Crippen LogP contribution in [0.5, 0.6) is 11.5 Å². The number of carbonyl (C=O) groups excluding carboxylic acids is 1. The second kappa shape index (κ2) is 8.19. The molecule has 0 saturated heterocycles. The molecular formula is C21H16ClNO5. The average Bonchev–Trinajstić information content (AvgIpc) is 3.20. The molecule has 0 amide bonds. The van der Waals surface area contributed by atoms with Gasteiger partial charge in [0.15, 0.2) is 23.9 Å². The Bertz CT molecular complexity index is 1010. The molecule has 1 aromatic heterocycles. The van der Waals surface area contributed by atoms with Gasteiger partial charge in [-0.15, -0.1) is 0 Å². The number of oxazole rings is 1. The van der Waals surface area contributed by atoms with Crippen molar-refractivity contribution in [2.24, 2.45) is 0 Å². The Morgan fingerprint density at radius 3 is 2.71 bits per heavy atom. The zero-order valence-electron chi connectivity index (χ0n) is 14.8. The van der Waals surface area contributed by atoms with Crippen LogP contribution in [0.1, 0.15) is 11.5 Å². The number of ether oxygens (including phenoxy) is 3. The molecule has 2 aromatic carbocycles. The summed E-state index contributed by atoms with van der Waals surface area (Å²) in [5, 5.41) is 0.641. The molecule has 2 heterocycles. The fourth-order valence-corrected chi connectivity index (χ4v) is 2.76. The smallest absolute Gasteiger partial charge is 0.331 e. The van der Waals surface area contributed by atoms with E-state index in [1.165, 1.54) is 6.08 Å². The van der Waals surface area contributed by atoms with Crippen LogP contribution in [0.2, 0.25) is 5.02 Å². The molecule has 0 atom stereocenters. The fourth-order valence-electron chi connectivity index (χ4n) is 2.63. The van der Waals surface area contributed by atoms with Gasteiger partial charge in [0.25, 0.3) is 0 Å². The van der Waals surface area contributed by atoms with Crippen LogP contribution in [0.3, 0.4) is 0 Å². The van der Waals surface area contributed by atoms with Gasteiger partial charge in [-0.1, -0.05) is 17.7 Å². The number of hydrogen-bond donors (Lipinski definition) is 0. The van der Waals surface area contributed by atoms with E-state index in [0.29, 0.717) is 41.4 Å². The van der Waals surface area contributed by atoms with E-state index in [0.717, 1.165) is 11.1 Å². The maximum atomic E-state index is 11.9. The summed E-state index contributed by atoms with van der Waals surface area (Å²) >= 11 is 5.87. The van der Waals surface area contributed by atoms with E-state index >= 15 is 0 Å². The molecule has 3 aromatic rings. The quantitative estimate of drug-likeness (QED) is 0.465. The Balaban J connectivity index is 1.33. The first-order valence-electron chi connectivity index (χ1n) is 8.62. The van der Waals surface area contributed by atoms with Crippen LogP contribution in [0.25, 0.3) is 17.4 Å². The van der Waals surface area contributed by atoms with Crippen LogP contribution in [0, 0.1) is 0 Å². The normalized spacial score (nSPS) is 12.9. The molecule has 7 heteroatoms. The van der Waals surface area contributed by atoms with E-state index in [4.69, 9.17) is 30.2 Å². The number of esters is 1. The number of aromatic nitrogens is 1. The van der Waals surface area contributed by atoms with Crippen molar-refractivity contribution in [3.63, 3.8) is 0 Å². The summed E-state index contributed by atoms with van der Waals surface area (Å²) in [5.74, 6) is 1.75. The lowest BCUT2D eigenvalue weighted by atomic mass is 10.2. The highest BCUT2D eigenvalue weighted by Crippen LogP contribution is 2.31. The van der Waals surface area contributed by atoms with Crippen molar-refractivity contribution in [2.75, 3.05) is 13.2 Å². The fraction of sp³-hybridized carbons (Fsp3) is 0.143. The molecule has 6 nitrogen and oxygen atoms in total. The summed E-state index contributed by atoms with van der Waals surface area (Å²) in [5.41, 5.74) is 1.65. The van der Waals surface area contributed by atoms with E-state index in [9.17, 15) is 4.79 Å². The van der Waals surface area contributed by atoms with Crippen LogP contribution in [-0.2, 0) is 16.1 Å². The van der Waals surface area contributed by atoms with Crippen LogP contribution >= 0.6 is 11.6 Å². The summed E-state index contributed by atoms with van der Waals surface area (Å²) in [6.45, 7) is 0.989. The van der Waals surface area contributed by atoms with E-state index in [2.05, 4.69) is 4.98 Å². The Morgan fingerprint density at radius 2 is 1.89 bits per heavy atom. The lowest BCUT2D eigenvalue weighted by Gasteiger charge is -2.18. The molecule has 1 aliphatic heterocycles. The SMILES string of the molecule is O=C(/C=C/c1ccc2c(c1)OCCO2)OCc1ncc(-c2ccc(Cl)cc2)o1. The average molecular weight is 398 g/mol. The standard InChI is InChI=1S/C21H16ClNO5/c22-16-5-3-15(4-6-16)19-12-23-20(28-19)13-27-21(24)8-2-14-1-7-17-18(11-14)26-10-9-25-17/h1-8,11-12H,9-10,13H2/b8-2+. The number of fused-ring (bicyclic) bond motifs is 1. The van der Waals surface area contributed by atoms with Gasteiger partial charge in [0.05, 0.1) is 6.20 Å². The van der Waals surface area contributed by atoms with Gasteiger partial charge in [-0.05, 0) is 48.0 Å². The molecule has 1 aliphatic rings. The van der Waals surface area contributed by atoms with Crippen molar-refractivity contribution < 1.29 is 23.4 Å². The minimum Gasteiger partial charge on any atom is -0.486 e. The van der Waals surface area contributed by atoms with Crippen molar-refractivity contribution in [3.05, 3.63) is 71.2 Å². The predicted molar refractivity (Wildman–Crippen MR) is 103 cm³/mol. The van der Waals surface area contributed by atoms with Crippen molar-refractivity contribution in [2.45, 2.75) is 6.61 Å². The molecule has 0 saturated carbocycles. The number of nitrogens with zero attached hydrogens (tertiary/aromatic N) is 1. The van der Waals surface area contributed by atoms with Gasteiger partial charge in [-0.2, -0.15) is 0 Å². The third kappa shape index (κ3) is 4.35. The molecule has 142 valence electrons. The van der Waals surface area contributed by atoms with E-state index < -0.39 is 5.97 Å². The van der Waals surface area contributed by atoms with Crippen LogP contribution in [0.4, 0.5) is 0 Å². The molecular weight excluding hydrogens is 382 g/mol. The molecule has 0 radical (unpaired) electrons. The van der Waals surface area contributed by atoms with Gasteiger partial charge in [-0.25, -0.2) is 9.78 Å². The van der Waals surface area contributed by atoms with Gasteiger partial charge in [-0.3, -0.25) is 0 Å². The highest BCUT2D eigenvalue weighted by atomic mass is 35.5. The largest absolute Gasteiger partial charge is 0.486 e. The first-order valence-corrected chi connectivity index (χ1v) is 9.00. The summed E-state index contributed by atoms with van der Waals surface area (Å²) in [7, 11) is 0. The van der Waals surface area contributed by atoms with Crippen LogP contribution < -0.4 is 9.47 Å². The molecule has 4 rings (SSSR count). The highest BCUT2D eigenvalue weighted by Gasteiger charge is 2.11. The summed E-state index contributed by atoms with van der Waals surface area (Å²) in [6, 6.07) is 12.6. The van der Waals surface area contributed by atoms with Crippen molar-refractivity contribution >= 4 is 23.6 Å². The lowest BCUT2D eigenvalue weighted by molar-refractivity contribution is -0.139. The van der Waals surface area contributed by atoms with E-state index in [1.54, 1.807) is 24.4 Å². The topological polar surface area (TPSA) is 70.8 Å². The van der Waals surface area contributed by atoms with E-state index in [-0.39, 0.29) is 6.61 Å². The number of benzene rings is 2. The predicted octanol–water partition coefficient (Wildman–Crippen LogP) is 4.52. The van der Waals surface area contributed by atoms with Crippen molar-refractivity contribution in [1.29, 1.82) is 0 Å². The lowest BCUT2D eigenvalue weighted by Crippen LogP contribution is -2.15. The molecule has 0 fully saturated rings. The minimum atomic E-state index is -0.499. The maximum Gasteiger partial charge on any atom is 0.331 e. The second-order valence-corrected chi connectivity index (χ2v) is 6.41. The van der Waals surface area contributed by atoms with Crippen LogP contribution in [0.15, 0.2) is 59.2 Å². The van der Waals surface area contributed by atoms with Crippen molar-refractivity contribution in [3.8, 4) is 22.8 Å². The first-order chi connectivity index (χ1) is 13.7. The summed E-state index contributed by atoms with van der Waals surface area (Å²) < 4.78 is 21.8. The van der Waals surface area contributed by atoms with Gasteiger partial charge >= 0.3 is 5.97 Å². The number of rotatable bonds is 5. The van der Waals surface area contributed by atoms with Gasteiger partial charge in [0.1, 0.15) is 13.2 Å². The number of halogens is 1. The monoisotopic (exact) mass is 397 g/mol. The third-order valence-electron chi connectivity index (χ3n) is 4.00. The van der Waals surface area contributed by atoms with Crippen LogP contribution in [-0.4, -0.2) is 24.2 Å². The molecule has 0 unspecified atom stereocenters. The van der Waals surface area contributed by atoms with Gasteiger partial charge in [0.2, 0.25) is 5.89 Å². The minimum absolute atomic E-state index is 0.0576. The van der Waals surface area contributed by atoms with E-state index in [1.807, 2.05) is 30.3 Å². The Hall–Kier alpha value is -3.25. The van der Waals surface area contributed by atoms with Gasteiger partial charge in [0, 0.05) is 16.7 Å². The third-order valence-corrected chi connectivity index (χ3v) is 4.25. The molecule has 0 N–H and O–H groups in total. The highest BCUT2D eigenvalue weighted by molar-refractivity contribution is 6.30. The molecule has 28 heavy (non-hydrogen) atoms. The zero-order chi connectivity index (χ0) is 19.3. The Morgan fingerprint density at radius 1 is 1.11 bits per heavy atom. The summed E-state index contributed by atoms with van der Waals surface area (Å²) in [4.78, 5) is 16.1. The Kier molecular flexibility index (Phi) is 5.30. The number of hydrogen-bond acceptors (Lipinski definition) is 6. The molecule has 0 bridgehead atoms. The second-order valence-electron chi connectivity index (χ2n) is 5.97. The molecule has 0 aliphatic carbocycles. The van der Waals surface area contributed by atoms with Gasteiger partial charge < -0.3 is 18.6 Å². The zero-order valence-corrected chi connectivity index (χ0v) is 15.5. The maximum absolute atomic E-state index is 11.9.